The zero-order chi connectivity index (χ0) is 21.5. The van der Waals surface area contributed by atoms with Gasteiger partial charge in [0.05, 0.1) is 13.5 Å². The number of hydrogen-bond donors (Lipinski definition) is 1. The molecular formula is C24H30N2O4. The number of ether oxygens (including phenoxy) is 2. The van der Waals surface area contributed by atoms with E-state index in [0.29, 0.717) is 5.69 Å². The van der Waals surface area contributed by atoms with E-state index in [1.54, 1.807) is 14.0 Å². The Morgan fingerprint density at radius 2 is 1.77 bits per heavy atom. The number of anilines is 2. The number of carbonyl (C=O) groups excluding carboxylic acids is 2. The van der Waals surface area contributed by atoms with Crippen LogP contribution in [-0.4, -0.2) is 38.2 Å². The first-order valence-corrected chi connectivity index (χ1v) is 10.4. The maximum absolute atomic E-state index is 12.4. The Kier molecular flexibility index (Phi) is 7.33. The second-order valence-corrected chi connectivity index (χ2v) is 7.70. The molecule has 30 heavy (non-hydrogen) atoms. The number of piperidine rings is 1. The topological polar surface area (TPSA) is 67.9 Å². The fourth-order valence-corrected chi connectivity index (χ4v) is 3.58. The molecule has 1 saturated heterocycles. The van der Waals surface area contributed by atoms with E-state index in [1.165, 1.54) is 24.9 Å². The second kappa shape index (κ2) is 10.1. The smallest absolute Gasteiger partial charge is 0.311 e. The van der Waals surface area contributed by atoms with Gasteiger partial charge in [-0.25, -0.2) is 0 Å². The molecular weight excluding hydrogens is 380 g/mol. The first-order valence-electron chi connectivity index (χ1n) is 10.4. The van der Waals surface area contributed by atoms with Gasteiger partial charge >= 0.3 is 5.97 Å². The maximum Gasteiger partial charge on any atom is 0.311 e. The minimum atomic E-state index is -0.883. The third-order valence-electron chi connectivity index (χ3n) is 5.35. The summed E-state index contributed by atoms with van der Waals surface area (Å²) < 4.78 is 10.6. The minimum absolute atomic E-state index is 0.0821. The number of rotatable bonds is 7. The first kappa shape index (κ1) is 21.7. The number of carbonyl (C=O) groups is 2. The molecule has 0 aliphatic carbocycles. The molecule has 0 saturated carbocycles. The van der Waals surface area contributed by atoms with Gasteiger partial charge in [-0.3, -0.25) is 9.59 Å². The molecule has 160 valence electrons. The fourth-order valence-electron chi connectivity index (χ4n) is 3.58. The summed E-state index contributed by atoms with van der Waals surface area (Å²) in [5, 5.41) is 2.81. The number of nitrogens with one attached hydrogen (secondary N) is 1. The number of hydrogen-bond acceptors (Lipinski definition) is 5. The van der Waals surface area contributed by atoms with Gasteiger partial charge in [-0.15, -0.1) is 0 Å². The lowest BCUT2D eigenvalue weighted by Gasteiger charge is -2.28. The molecule has 3 rings (SSSR count). The summed E-state index contributed by atoms with van der Waals surface area (Å²) in [7, 11) is 1.59. The highest BCUT2D eigenvalue weighted by Gasteiger charge is 2.19. The molecule has 1 aliphatic rings. The number of nitrogens with zero attached hydrogens (tertiary/aromatic N) is 1. The van der Waals surface area contributed by atoms with Crippen LogP contribution in [0.1, 0.15) is 37.3 Å². The van der Waals surface area contributed by atoms with E-state index in [4.69, 9.17) is 9.47 Å². The van der Waals surface area contributed by atoms with Gasteiger partial charge in [0.1, 0.15) is 5.75 Å². The van der Waals surface area contributed by atoms with Crippen LogP contribution >= 0.6 is 0 Å². The summed E-state index contributed by atoms with van der Waals surface area (Å²) in [6.07, 6.45) is 2.93. The predicted octanol–water partition coefficient (Wildman–Crippen LogP) is 4.11. The van der Waals surface area contributed by atoms with Crippen molar-refractivity contribution in [2.45, 2.75) is 45.6 Å². The lowest BCUT2D eigenvalue weighted by atomic mass is 10.1. The number of aryl methyl sites for hydroxylation is 1. The number of amides is 1. The van der Waals surface area contributed by atoms with E-state index >= 15 is 0 Å². The van der Waals surface area contributed by atoms with Crippen LogP contribution in [0.15, 0.2) is 42.5 Å². The summed E-state index contributed by atoms with van der Waals surface area (Å²) in [5.74, 6) is -0.0846. The molecule has 2 aromatic carbocycles. The van der Waals surface area contributed by atoms with Gasteiger partial charge in [-0.05, 0) is 74.6 Å². The standard InChI is InChI=1S/C24H30N2O4/c1-17-7-8-19(15-22(17)29-3)16-23(27)30-18(2)24(28)25-20-9-11-21(12-10-20)26-13-5-4-6-14-26/h7-12,15,18H,4-6,13-14,16H2,1-3H3,(H,25,28)/t18-/m0/s1. The Morgan fingerprint density at radius 1 is 1.07 bits per heavy atom. The van der Waals surface area contributed by atoms with Gasteiger partial charge in [0.25, 0.3) is 5.91 Å². The highest BCUT2D eigenvalue weighted by Crippen LogP contribution is 2.22. The van der Waals surface area contributed by atoms with Crippen molar-refractivity contribution >= 4 is 23.3 Å². The first-order chi connectivity index (χ1) is 14.5. The van der Waals surface area contributed by atoms with Crippen molar-refractivity contribution in [3.05, 3.63) is 53.6 Å². The molecule has 0 aromatic heterocycles. The molecule has 1 heterocycles. The van der Waals surface area contributed by atoms with Crippen molar-refractivity contribution in [3.8, 4) is 5.75 Å². The molecule has 6 nitrogen and oxygen atoms in total. The monoisotopic (exact) mass is 410 g/mol. The second-order valence-electron chi connectivity index (χ2n) is 7.70. The molecule has 0 bridgehead atoms. The van der Waals surface area contributed by atoms with Crippen molar-refractivity contribution in [3.63, 3.8) is 0 Å². The van der Waals surface area contributed by atoms with E-state index in [0.717, 1.165) is 30.0 Å². The van der Waals surface area contributed by atoms with Crippen LogP contribution in [0.25, 0.3) is 0 Å². The Hall–Kier alpha value is -3.02. The average molecular weight is 411 g/mol. The Morgan fingerprint density at radius 3 is 2.43 bits per heavy atom. The van der Waals surface area contributed by atoms with Crippen LogP contribution in [0.5, 0.6) is 5.75 Å². The minimum Gasteiger partial charge on any atom is -0.496 e. The van der Waals surface area contributed by atoms with Gasteiger partial charge in [0, 0.05) is 24.5 Å². The SMILES string of the molecule is COc1cc(CC(=O)O[C@@H](C)C(=O)Nc2ccc(N3CCCCC3)cc2)ccc1C. The van der Waals surface area contributed by atoms with Crippen molar-refractivity contribution in [2.24, 2.45) is 0 Å². The summed E-state index contributed by atoms with van der Waals surface area (Å²) >= 11 is 0. The Bertz CT molecular complexity index is 873. The highest BCUT2D eigenvalue weighted by atomic mass is 16.5. The third kappa shape index (κ3) is 5.75. The van der Waals surface area contributed by atoms with E-state index < -0.39 is 12.1 Å². The van der Waals surface area contributed by atoms with Gasteiger partial charge in [0.15, 0.2) is 6.10 Å². The van der Waals surface area contributed by atoms with Crippen LogP contribution < -0.4 is 15.0 Å². The quantitative estimate of drug-likeness (QED) is 0.696. The fraction of sp³-hybridized carbons (Fsp3) is 0.417. The summed E-state index contributed by atoms with van der Waals surface area (Å²) in [4.78, 5) is 27.0. The number of esters is 1. The summed E-state index contributed by atoms with van der Waals surface area (Å²) in [6.45, 7) is 5.66. The van der Waals surface area contributed by atoms with Crippen LogP contribution in [-0.2, 0) is 20.7 Å². The maximum atomic E-state index is 12.4. The van der Waals surface area contributed by atoms with Crippen LogP contribution in [0.3, 0.4) is 0 Å². The van der Waals surface area contributed by atoms with E-state index in [1.807, 2.05) is 49.4 Å². The van der Waals surface area contributed by atoms with Gasteiger partial charge in [0.2, 0.25) is 0 Å². The molecule has 0 unspecified atom stereocenters. The largest absolute Gasteiger partial charge is 0.496 e. The molecule has 1 aliphatic heterocycles. The summed E-state index contributed by atoms with van der Waals surface area (Å²) in [5.41, 5.74) is 3.63. The average Bonchev–Trinajstić information content (AvgIpc) is 2.76. The van der Waals surface area contributed by atoms with E-state index in [-0.39, 0.29) is 12.3 Å². The number of methoxy groups -OCH3 is 1. The molecule has 0 radical (unpaired) electrons. The Labute approximate surface area is 178 Å². The molecule has 2 aromatic rings. The molecule has 1 atom stereocenters. The number of benzene rings is 2. The zero-order valence-electron chi connectivity index (χ0n) is 17.9. The summed E-state index contributed by atoms with van der Waals surface area (Å²) in [6, 6.07) is 13.4. The van der Waals surface area contributed by atoms with Gasteiger partial charge in [-0.2, -0.15) is 0 Å². The van der Waals surface area contributed by atoms with E-state index in [2.05, 4.69) is 10.2 Å². The Balaban J connectivity index is 1.50. The molecule has 0 spiro atoms. The van der Waals surface area contributed by atoms with Crippen LogP contribution in [0.4, 0.5) is 11.4 Å². The highest BCUT2D eigenvalue weighted by molar-refractivity contribution is 5.95. The molecule has 1 amide bonds. The lowest BCUT2D eigenvalue weighted by molar-refractivity contribution is -0.152. The van der Waals surface area contributed by atoms with E-state index in [9.17, 15) is 9.59 Å². The zero-order valence-corrected chi connectivity index (χ0v) is 17.9. The molecule has 1 fully saturated rings. The normalized spacial score (nSPS) is 14.7. The third-order valence-corrected chi connectivity index (χ3v) is 5.35. The van der Waals surface area contributed by atoms with Crippen molar-refractivity contribution in [2.75, 3.05) is 30.4 Å². The van der Waals surface area contributed by atoms with Crippen LogP contribution in [0.2, 0.25) is 0 Å². The van der Waals surface area contributed by atoms with Crippen LogP contribution in [0, 0.1) is 6.92 Å². The lowest BCUT2D eigenvalue weighted by Crippen LogP contribution is -2.31. The van der Waals surface area contributed by atoms with Crippen molar-refractivity contribution < 1.29 is 19.1 Å². The molecule has 6 heteroatoms. The van der Waals surface area contributed by atoms with Gasteiger partial charge < -0.3 is 19.7 Å². The predicted molar refractivity (Wildman–Crippen MR) is 118 cm³/mol. The molecule has 1 N–H and O–H groups in total. The van der Waals surface area contributed by atoms with Crippen molar-refractivity contribution in [1.82, 2.24) is 0 Å². The van der Waals surface area contributed by atoms with Crippen molar-refractivity contribution in [1.29, 1.82) is 0 Å². The van der Waals surface area contributed by atoms with Gasteiger partial charge in [-0.1, -0.05) is 12.1 Å².